The molecule has 0 amide bonds. The van der Waals surface area contributed by atoms with Gasteiger partial charge in [0.05, 0.1) is 6.20 Å². The monoisotopic (exact) mass is 216 g/mol. The topological polar surface area (TPSA) is 33.1 Å². The SMILES string of the molecule is Cc1cnc(N2CCNCC2)n1C.Cl. The number of rotatable bonds is 1. The average molecular weight is 217 g/mol. The standard InChI is InChI=1S/C9H16N4.ClH/c1-8-7-11-9(12(8)2)13-5-3-10-4-6-13;/h7,10H,3-6H2,1-2H3;1H. The summed E-state index contributed by atoms with van der Waals surface area (Å²) in [5.74, 6) is 1.10. The second-order valence-corrected chi connectivity index (χ2v) is 3.50. The highest BCUT2D eigenvalue weighted by Gasteiger charge is 2.14. The van der Waals surface area contributed by atoms with Gasteiger partial charge in [-0.3, -0.25) is 0 Å². The number of nitrogens with one attached hydrogen (secondary N) is 1. The number of hydrogen-bond donors (Lipinski definition) is 1. The minimum atomic E-state index is 0. The van der Waals surface area contributed by atoms with Crippen LogP contribution in [0.5, 0.6) is 0 Å². The summed E-state index contributed by atoms with van der Waals surface area (Å²) in [6.07, 6.45) is 1.93. The van der Waals surface area contributed by atoms with Gasteiger partial charge in [-0.15, -0.1) is 12.4 Å². The molecular weight excluding hydrogens is 200 g/mol. The van der Waals surface area contributed by atoms with Crippen molar-refractivity contribution in [3.05, 3.63) is 11.9 Å². The fourth-order valence-electron chi connectivity index (χ4n) is 1.64. The number of imidazole rings is 1. The maximum Gasteiger partial charge on any atom is 0.205 e. The van der Waals surface area contributed by atoms with Crippen molar-refractivity contribution < 1.29 is 0 Å². The Morgan fingerprint density at radius 1 is 1.36 bits per heavy atom. The zero-order chi connectivity index (χ0) is 9.26. The Labute approximate surface area is 90.7 Å². The molecule has 1 aliphatic heterocycles. The highest BCUT2D eigenvalue weighted by molar-refractivity contribution is 5.85. The fourth-order valence-corrected chi connectivity index (χ4v) is 1.64. The normalized spacial score (nSPS) is 16.6. The van der Waals surface area contributed by atoms with Gasteiger partial charge in [0.25, 0.3) is 0 Å². The van der Waals surface area contributed by atoms with Gasteiger partial charge in [-0.05, 0) is 6.92 Å². The average Bonchev–Trinajstić information content (AvgIpc) is 2.49. The highest BCUT2D eigenvalue weighted by atomic mass is 35.5. The van der Waals surface area contributed by atoms with Crippen LogP contribution >= 0.6 is 12.4 Å². The van der Waals surface area contributed by atoms with Gasteiger partial charge in [0.2, 0.25) is 5.95 Å². The van der Waals surface area contributed by atoms with Crippen LogP contribution in [0.1, 0.15) is 5.69 Å². The smallest absolute Gasteiger partial charge is 0.205 e. The molecule has 2 heterocycles. The summed E-state index contributed by atoms with van der Waals surface area (Å²) in [7, 11) is 2.07. The van der Waals surface area contributed by atoms with Crippen molar-refractivity contribution in [3.63, 3.8) is 0 Å². The van der Waals surface area contributed by atoms with Gasteiger partial charge in [0.1, 0.15) is 0 Å². The Morgan fingerprint density at radius 3 is 2.50 bits per heavy atom. The van der Waals surface area contributed by atoms with Gasteiger partial charge >= 0.3 is 0 Å². The molecule has 1 aromatic rings. The van der Waals surface area contributed by atoms with Gasteiger partial charge in [-0.1, -0.05) is 0 Å². The van der Waals surface area contributed by atoms with Gasteiger partial charge in [0.15, 0.2) is 0 Å². The van der Waals surface area contributed by atoms with Crippen LogP contribution in [0.4, 0.5) is 5.95 Å². The number of hydrogen-bond acceptors (Lipinski definition) is 3. The molecule has 0 atom stereocenters. The predicted octanol–water partition coefficient (Wildman–Crippen LogP) is 0.560. The van der Waals surface area contributed by atoms with Crippen LogP contribution in [0.2, 0.25) is 0 Å². The molecule has 0 aromatic carbocycles. The van der Waals surface area contributed by atoms with Crippen LogP contribution in [0, 0.1) is 6.92 Å². The fraction of sp³-hybridized carbons (Fsp3) is 0.667. The second kappa shape index (κ2) is 4.66. The Kier molecular flexibility index (Phi) is 3.77. The summed E-state index contributed by atoms with van der Waals surface area (Å²) in [6, 6.07) is 0. The Morgan fingerprint density at radius 2 is 2.00 bits per heavy atom. The van der Waals surface area contributed by atoms with Crippen molar-refractivity contribution in [2.45, 2.75) is 6.92 Å². The largest absolute Gasteiger partial charge is 0.340 e. The molecule has 2 rings (SSSR count). The van der Waals surface area contributed by atoms with Crippen LogP contribution in [-0.4, -0.2) is 35.7 Å². The van der Waals surface area contributed by atoms with E-state index in [2.05, 4.69) is 33.7 Å². The molecule has 0 radical (unpaired) electrons. The zero-order valence-corrected chi connectivity index (χ0v) is 9.47. The summed E-state index contributed by atoms with van der Waals surface area (Å²) in [5.41, 5.74) is 1.22. The van der Waals surface area contributed by atoms with Crippen LogP contribution in [-0.2, 0) is 7.05 Å². The number of nitrogens with zero attached hydrogens (tertiary/aromatic N) is 3. The van der Waals surface area contributed by atoms with E-state index >= 15 is 0 Å². The molecule has 1 N–H and O–H groups in total. The summed E-state index contributed by atoms with van der Waals surface area (Å²) in [5, 5.41) is 3.33. The highest BCUT2D eigenvalue weighted by Crippen LogP contribution is 2.13. The van der Waals surface area contributed by atoms with Gasteiger partial charge in [-0.2, -0.15) is 0 Å². The summed E-state index contributed by atoms with van der Waals surface area (Å²) in [4.78, 5) is 6.72. The number of aryl methyl sites for hydroxylation is 1. The zero-order valence-electron chi connectivity index (χ0n) is 8.66. The Bertz CT molecular complexity index is 291. The summed E-state index contributed by atoms with van der Waals surface area (Å²) >= 11 is 0. The third kappa shape index (κ3) is 2.01. The van der Waals surface area contributed by atoms with E-state index in [0.717, 1.165) is 32.1 Å². The van der Waals surface area contributed by atoms with E-state index in [1.54, 1.807) is 0 Å². The molecule has 1 aromatic heterocycles. The third-order valence-electron chi connectivity index (χ3n) is 2.60. The van der Waals surface area contributed by atoms with Crippen LogP contribution in [0.25, 0.3) is 0 Å². The van der Waals surface area contributed by atoms with E-state index in [-0.39, 0.29) is 12.4 Å². The molecule has 5 heteroatoms. The van der Waals surface area contributed by atoms with E-state index in [4.69, 9.17) is 0 Å². The predicted molar refractivity (Wildman–Crippen MR) is 60.3 cm³/mol. The number of anilines is 1. The first-order chi connectivity index (χ1) is 6.29. The van der Waals surface area contributed by atoms with Gasteiger partial charge < -0.3 is 14.8 Å². The number of halogens is 1. The second-order valence-electron chi connectivity index (χ2n) is 3.50. The molecule has 0 bridgehead atoms. The van der Waals surface area contributed by atoms with E-state index in [0.29, 0.717) is 0 Å². The number of piperazine rings is 1. The maximum absolute atomic E-state index is 4.40. The molecule has 1 saturated heterocycles. The van der Waals surface area contributed by atoms with Crippen LogP contribution in [0.3, 0.4) is 0 Å². The maximum atomic E-state index is 4.40. The van der Waals surface area contributed by atoms with Crippen molar-refractivity contribution in [1.82, 2.24) is 14.9 Å². The van der Waals surface area contributed by atoms with Gasteiger partial charge in [-0.25, -0.2) is 4.98 Å². The molecule has 0 aliphatic carbocycles. The van der Waals surface area contributed by atoms with Crippen LogP contribution < -0.4 is 10.2 Å². The molecular formula is C9H17ClN4. The summed E-state index contributed by atoms with van der Waals surface area (Å²) < 4.78 is 2.14. The summed E-state index contributed by atoms with van der Waals surface area (Å²) in [6.45, 7) is 6.32. The third-order valence-corrected chi connectivity index (χ3v) is 2.60. The lowest BCUT2D eigenvalue weighted by Gasteiger charge is -2.28. The minimum absolute atomic E-state index is 0. The van der Waals surface area contributed by atoms with Crippen LogP contribution in [0.15, 0.2) is 6.20 Å². The van der Waals surface area contributed by atoms with E-state index in [9.17, 15) is 0 Å². The lowest BCUT2D eigenvalue weighted by atomic mass is 10.4. The number of aromatic nitrogens is 2. The lowest BCUT2D eigenvalue weighted by molar-refractivity contribution is 0.573. The Hall–Kier alpha value is -0.740. The first kappa shape index (κ1) is 11.3. The van der Waals surface area contributed by atoms with Crippen molar-refractivity contribution >= 4 is 18.4 Å². The molecule has 1 aliphatic rings. The van der Waals surface area contributed by atoms with Crippen molar-refractivity contribution in [2.75, 3.05) is 31.1 Å². The molecule has 1 fully saturated rings. The molecule has 0 spiro atoms. The minimum Gasteiger partial charge on any atom is -0.340 e. The lowest BCUT2D eigenvalue weighted by Crippen LogP contribution is -2.44. The molecule has 0 saturated carbocycles. The Balaban J connectivity index is 0.000000980. The molecule has 0 unspecified atom stereocenters. The molecule has 14 heavy (non-hydrogen) atoms. The first-order valence-corrected chi connectivity index (χ1v) is 4.73. The van der Waals surface area contributed by atoms with Crippen molar-refractivity contribution in [3.8, 4) is 0 Å². The quantitative estimate of drug-likeness (QED) is 0.745. The van der Waals surface area contributed by atoms with Gasteiger partial charge in [0, 0.05) is 38.9 Å². The van der Waals surface area contributed by atoms with E-state index in [1.165, 1.54) is 5.69 Å². The first-order valence-electron chi connectivity index (χ1n) is 4.73. The molecule has 4 nitrogen and oxygen atoms in total. The van der Waals surface area contributed by atoms with Crippen molar-refractivity contribution in [2.24, 2.45) is 7.05 Å². The van der Waals surface area contributed by atoms with Crippen molar-refractivity contribution in [1.29, 1.82) is 0 Å². The molecule has 80 valence electrons. The van der Waals surface area contributed by atoms with E-state index < -0.39 is 0 Å². The van der Waals surface area contributed by atoms with E-state index in [1.807, 2.05) is 6.20 Å².